The minimum atomic E-state index is -0.177. The molecule has 2 unspecified atom stereocenters. The number of hydrogen-bond donors (Lipinski definition) is 2. The van der Waals surface area contributed by atoms with Gasteiger partial charge in [-0.1, -0.05) is 24.3 Å². The summed E-state index contributed by atoms with van der Waals surface area (Å²) in [6, 6.07) is 8.17. The van der Waals surface area contributed by atoms with Crippen molar-refractivity contribution < 1.29 is 14.3 Å². The van der Waals surface area contributed by atoms with Gasteiger partial charge in [-0.2, -0.15) is 0 Å². The van der Waals surface area contributed by atoms with E-state index in [0.29, 0.717) is 39.2 Å². The Balaban J connectivity index is 0.00000243. The number of ether oxygens (including phenoxy) is 1. The van der Waals surface area contributed by atoms with Gasteiger partial charge >= 0.3 is 0 Å². The smallest absolute Gasteiger partial charge is 0.225 e. The summed E-state index contributed by atoms with van der Waals surface area (Å²) in [7, 11) is 0. The molecule has 0 bridgehead atoms. The predicted molar refractivity (Wildman–Crippen MR) is 102 cm³/mol. The van der Waals surface area contributed by atoms with Crippen LogP contribution in [0.2, 0.25) is 0 Å². The van der Waals surface area contributed by atoms with Gasteiger partial charge in [0, 0.05) is 26.2 Å². The van der Waals surface area contributed by atoms with Gasteiger partial charge in [-0.25, -0.2) is 0 Å². The number of benzene rings is 1. The van der Waals surface area contributed by atoms with E-state index in [-0.39, 0.29) is 36.2 Å². The van der Waals surface area contributed by atoms with E-state index in [1.165, 1.54) is 5.56 Å². The normalized spacial score (nSPS) is 22.1. The molecule has 7 heteroatoms. The number of nitrogens with two attached hydrogens (primary N) is 1. The number of fused-ring (bicyclic) bond motifs is 1. The molecule has 2 amide bonds. The lowest BCUT2D eigenvalue weighted by Gasteiger charge is -2.34. The van der Waals surface area contributed by atoms with E-state index in [2.05, 4.69) is 11.4 Å². The zero-order chi connectivity index (χ0) is 17.6. The van der Waals surface area contributed by atoms with E-state index >= 15 is 0 Å². The Bertz CT molecular complexity index is 626. The molecule has 1 saturated heterocycles. The fraction of sp³-hybridized carbons (Fsp3) is 0.579. The highest BCUT2D eigenvalue weighted by molar-refractivity contribution is 5.85. The third-order valence-corrected chi connectivity index (χ3v) is 5.04. The number of amides is 2. The zero-order valence-electron chi connectivity index (χ0n) is 15.0. The standard InChI is InChI=1S/C19H27N3O3.ClH/c20-8-9-21-19(24)15-5-3-10-22(13-15)18(23)12-17-16-6-2-1-4-14(16)7-11-25-17;/h1-2,4,6,15,17H,3,5,7-13,20H2,(H,21,24);1H. The Morgan fingerprint density at radius 2 is 2.12 bits per heavy atom. The third-order valence-electron chi connectivity index (χ3n) is 5.04. The Morgan fingerprint density at radius 1 is 1.31 bits per heavy atom. The summed E-state index contributed by atoms with van der Waals surface area (Å²) in [5, 5.41) is 2.83. The average molecular weight is 382 g/mol. The lowest BCUT2D eigenvalue weighted by Crippen LogP contribution is -2.46. The monoisotopic (exact) mass is 381 g/mol. The summed E-state index contributed by atoms with van der Waals surface area (Å²) in [4.78, 5) is 26.7. The molecule has 3 N–H and O–H groups in total. The van der Waals surface area contributed by atoms with Crippen LogP contribution in [-0.4, -0.2) is 49.5 Å². The maximum Gasteiger partial charge on any atom is 0.225 e. The van der Waals surface area contributed by atoms with Crippen LogP contribution in [0.25, 0.3) is 0 Å². The van der Waals surface area contributed by atoms with Crippen molar-refractivity contribution in [3.05, 3.63) is 35.4 Å². The summed E-state index contributed by atoms with van der Waals surface area (Å²) in [6.45, 7) is 2.77. The highest BCUT2D eigenvalue weighted by Gasteiger charge is 2.31. The van der Waals surface area contributed by atoms with Crippen LogP contribution in [0, 0.1) is 5.92 Å². The lowest BCUT2D eigenvalue weighted by molar-refractivity contribution is -0.138. The van der Waals surface area contributed by atoms with Crippen LogP contribution in [0.15, 0.2) is 24.3 Å². The van der Waals surface area contributed by atoms with Gasteiger partial charge in [0.15, 0.2) is 0 Å². The SMILES string of the molecule is Cl.NCCNC(=O)C1CCCN(C(=O)CC2OCCc3ccccc32)C1. The molecule has 144 valence electrons. The van der Waals surface area contributed by atoms with Crippen molar-refractivity contribution in [1.82, 2.24) is 10.2 Å². The van der Waals surface area contributed by atoms with Gasteiger partial charge in [-0.15, -0.1) is 12.4 Å². The topological polar surface area (TPSA) is 84.7 Å². The molecule has 6 nitrogen and oxygen atoms in total. The van der Waals surface area contributed by atoms with Crippen molar-refractivity contribution in [2.24, 2.45) is 11.7 Å². The highest BCUT2D eigenvalue weighted by atomic mass is 35.5. The summed E-state index contributed by atoms with van der Waals surface area (Å²) < 4.78 is 5.85. The second-order valence-electron chi connectivity index (χ2n) is 6.77. The Labute approximate surface area is 160 Å². The molecule has 0 saturated carbocycles. The molecule has 0 aliphatic carbocycles. The van der Waals surface area contributed by atoms with E-state index in [1.807, 2.05) is 23.1 Å². The Hall–Kier alpha value is -1.63. The number of rotatable bonds is 5. The Kier molecular flexibility index (Phi) is 7.87. The van der Waals surface area contributed by atoms with Crippen LogP contribution in [0.1, 0.15) is 36.5 Å². The van der Waals surface area contributed by atoms with E-state index in [0.717, 1.165) is 24.8 Å². The van der Waals surface area contributed by atoms with Crippen LogP contribution < -0.4 is 11.1 Å². The number of carbonyl (C=O) groups excluding carboxylic acids is 2. The molecule has 3 rings (SSSR count). The molecule has 1 fully saturated rings. The summed E-state index contributed by atoms with van der Waals surface area (Å²) in [5.41, 5.74) is 7.82. The van der Waals surface area contributed by atoms with Crippen LogP contribution in [0.5, 0.6) is 0 Å². The maximum atomic E-state index is 12.8. The van der Waals surface area contributed by atoms with Crippen LogP contribution in [-0.2, 0) is 20.7 Å². The third kappa shape index (κ3) is 4.96. The molecule has 1 aromatic carbocycles. The fourth-order valence-electron chi connectivity index (χ4n) is 3.69. The summed E-state index contributed by atoms with van der Waals surface area (Å²) in [6.07, 6.45) is 2.74. The molecule has 26 heavy (non-hydrogen) atoms. The lowest BCUT2D eigenvalue weighted by atomic mass is 9.94. The molecule has 2 atom stereocenters. The number of carbonyl (C=O) groups is 2. The second kappa shape index (κ2) is 9.90. The molecule has 0 spiro atoms. The molecule has 2 aliphatic heterocycles. The largest absolute Gasteiger partial charge is 0.373 e. The zero-order valence-corrected chi connectivity index (χ0v) is 15.8. The van der Waals surface area contributed by atoms with E-state index in [9.17, 15) is 9.59 Å². The van der Waals surface area contributed by atoms with Crippen LogP contribution >= 0.6 is 12.4 Å². The van der Waals surface area contributed by atoms with Crippen molar-refractivity contribution >= 4 is 24.2 Å². The number of nitrogens with zero attached hydrogens (tertiary/aromatic N) is 1. The van der Waals surface area contributed by atoms with Crippen molar-refractivity contribution in [2.45, 2.75) is 31.8 Å². The molecule has 0 aromatic heterocycles. The molecule has 2 heterocycles. The minimum absolute atomic E-state index is 0. The molecular formula is C19H28ClN3O3. The van der Waals surface area contributed by atoms with E-state index in [1.54, 1.807) is 0 Å². The number of halogens is 1. The molecule has 2 aliphatic rings. The maximum absolute atomic E-state index is 12.8. The molecule has 0 radical (unpaired) electrons. The van der Waals surface area contributed by atoms with Crippen LogP contribution in [0.4, 0.5) is 0 Å². The van der Waals surface area contributed by atoms with Crippen molar-refractivity contribution in [3.8, 4) is 0 Å². The van der Waals surface area contributed by atoms with E-state index in [4.69, 9.17) is 10.5 Å². The first kappa shape index (κ1) is 20.7. The first-order chi connectivity index (χ1) is 12.2. The Morgan fingerprint density at radius 3 is 2.92 bits per heavy atom. The van der Waals surface area contributed by atoms with E-state index < -0.39 is 0 Å². The summed E-state index contributed by atoms with van der Waals surface area (Å²) in [5.74, 6) is -0.0657. The molecule has 1 aromatic rings. The average Bonchev–Trinajstić information content (AvgIpc) is 2.66. The van der Waals surface area contributed by atoms with Crippen molar-refractivity contribution in [1.29, 1.82) is 0 Å². The predicted octanol–water partition coefficient (Wildman–Crippen LogP) is 1.43. The van der Waals surface area contributed by atoms with Crippen molar-refractivity contribution in [3.63, 3.8) is 0 Å². The first-order valence-electron chi connectivity index (χ1n) is 9.14. The summed E-state index contributed by atoms with van der Waals surface area (Å²) >= 11 is 0. The number of likely N-dealkylation sites (tertiary alicyclic amines) is 1. The van der Waals surface area contributed by atoms with Gasteiger partial charge in [0.2, 0.25) is 11.8 Å². The number of hydrogen-bond acceptors (Lipinski definition) is 4. The van der Waals surface area contributed by atoms with Gasteiger partial charge in [-0.05, 0) is 30.4 Å². The van der Waals surface area contributed by atoms with Gasteiger partial charge in [0.25, 0.3) is 0 Å². The first-order valence-corrected chi connectivity index (χ1v) is 9.14. The van der Waals surface area contributed by atoms with Gasteiger partial charge in [0.05, 0.1) is 25.0 Å². The quantitative estimate of drug-likeness (QED) is 0.808. The number of piperidine rings is 1. The van der Waals surface area contributed by atoms with Gasteiger partial charge < -0.3 is 20.7 Å². The molecular weight excluding hydrogens is 354 g/mol. The minimum Gasteiger partial charge on any atom is -0.373 e. The fourth-order valence-corrected chi connectivity index (χ4v) is 3.69. The highest BCUT2D eigenvalue weighted by Crippen LogP contribution is 2.30. The van der Waals surface area contributed by atoms with Crippen molar-refractivity contribution in [2.75, 3.05) is 32.8 Å². The second-order valence-corrected chi connectivity index (χ2v) is 6.77. The number of nitrogens with one attached hydrogen (secondary N) is 1. The van der Waals surface area contributed by atoms with Gasteiger partial charge in [-0.3, -0.25) is 9.59 Å². The van der Waals surface area contributed by atoms with Gasteiger partial charge in [0.1, 0.15) is 0 Å². The van der Waals surface area contributed by atoms with Crippen LogP contribution in [0.3, 0.4) is 0 Å².